The maximum Gasteiger partial charge on any atom is 0.0278 e. The van der Waals surface area contributed by atoms with E-state index in [1.54, 1.807) is 0 Å². The molecule has 0 saturated carbocycles. The Balaban J connectivity index is 2.77. The molecule has 1 saturated heterocycles. The molecule has 0 aliphatic carbocycles. The van der Waals surface area contributed by atoms with Gasteiger partial charge < -0.3 is 5.32 Å². The molecule has 0 radical (unpaired) electrons. The molecular formula is C14H30N2. The molecule has 1 heterocycles. The number of nitrogens with one attached hydrogen (secondary N) is 1. The second kappa shape index (κ2) is 6.02. The third kappa shape index (κ3) is 3.21. The van der Waals surface area contributed by atoms with Crippen LogP contribution in [0.3, 0.4) is 0 Å². The lowest BCUT2D eigenvalue weighted by molar-refractivity contribution is 0.110. The highest BCUT2D eigenvalue weighted by molar-refractivity contribution is 4.92. The largest absolute Gasteiger partial charge is 0.310 e. The van der Waals surface area contributed by atoms with Gasteiger partial charge in [0.2, 0.25) is 0 Å². The number of nitrogens with zero attached hydrogens (tertiary/aromatic N) is 1. The summed E-state index contributed by atoms with van der Waals surface area (Å²) in [5.41, 5.74) is 0.313. The van der Waals surface area contributed by atoms with Gasteiger partial charge in [-0.2, -0.15) is 0 Å². The van der Waals surface area contributed by atoms with Crippen molar-refractivity contribution in [3.05, 3.63) is 0 Å². The molecule has 0 aromatic rings. The summed E-state index contributed by atoms with van der Waals surface area (Å²) in [6.45, 7) is 14.1. The van der Waals surface area contributed by atoms with Crippen LogP contribution in [0, 0.1) is 0 Å². The lowest BCUT2D eigenvalue weighted by atomic mass is 9.96. The first-order valence-electron chi connectivity index (χ1n) is 7.07. The summed E-state index contributed by atoms with van der Waals surface area (Å²) < 4.78 is 0. The highest BCUT2D eigenvalue weighted by Crippen LogP contribution is 2.23. The lowest BCUT2D eigenvalue weighted by Gasteiger charge is -2.39. The first-order chi connectivity index (χ1) is 7.56. The standard InChI is InChI=1S/C14H30N2/c1-6-13(7-2)16-11-14(5,8-3)15-10-9-12(16)4/h12-13,15H,6-11H2,1-5H3. The predicted molar refractivity (Wildman–Crippen MR) is 71.9 cm³/mol. The molecule has 16 heavy (non-hydrogen) atoms. The van der Waals surface area contributed by atoms with E-state index in [0.29, 0.717) is 5.54 Å². The van der Waals surface area contributed by atoms with Crippen LogP contribution in [0.15, 0.2) is 0 Å². The molecule has 1 N–H and O–H groups in total. The van der Waals surface area contributed by atoms with Crippen molar-refractivity contribution in [2.24, 2.45) is 0 Å². The fourth-order valence-corrected chi connectivity index (χ4v) is 2.85. The smallest absolute Gasteiger partial charge is 0.0278 e. The SMILES string of the molecule is CCC(CC)N1CC(C)(CC)NCCC1C. The van der Waals surface area contributed by atoms with E-state index >= 15 is 0 Å². The van der Waals surface area contributed by atoms with E-state index in [4.69, 9.17) is 0 Å². The predicted octanol–water partition coefficient (Wildman–Crippen LogP) is 3.03. The molecule has 0 spiro atoms. The molecule has 2 heteroatoms. The van der Waals surface area contributed by atoms with Crippen molar-refractivity contribution >= 4 is 0 Å². The topological polar surface area (TPSA) is 15.3 Å². The summed E-state index contributed by atoms with van der Waals surface area (Å²) in [6.07, 6.45) is 5.06. The summed E-state index contributed by atoms with van der Waals surface area (Å²) in [6, 6.07) is 1.49. The van der Waals surface area contributed by atoms with E-state index in [-0.39, 0.29) is 0 Å². The van der Waals surface area contributed by atoms with Crippen LogP contribution < -0.4 is 5.32 Å². The molecule has 1 rings (SSSR count). The second-order valence-corrected chi connectivity index (χ2v) is 5.62. The molecule has 2 atom stereocenters. The summed E-state index contributed by atoms with van der Waals surface area (Å²) in [5.74, 6) is 0. The van der Waals surface area contributed by atoms with E-state index in [0.717, 1.165) is 12.1 Å². The summed E-state index contributed by atoms with van der Waals surface area (Å²) >= 11 is 0. The van der Waals surface area contributed by atoms with Crippen molar-refractivity contribution < 1.29 is 0 Å². The minimum absolute atomic E-state index is 0.313. The van der Waals surface area contributed by atoms with Crippen molar-refractivity contribution in [1.29, 1.82) is 0 Å². The van der Waals surface area contributed by atoms with Crippen molar-refractivity contribution in [3.63, 3.8) is 0 Å². The first-order valence-corrected chi connectivity index (χ1v) is 7.07. The van der Waals surface area contributed by atoms with Crippen LogP contribution >= 0.6 is 0 Å². The molecule has 0 aromatic carbocycles. The lowest BCUT2D eigenvalue weighted by Crippen LogP contribution is -2.52. The second-order valence-electron chi connectivity index (χ2n) is 5.62. The third-order valence-corrected chi connectivity index (χ3v) is 4.40. The quantitative estimate of drug-likeness (QED) is 0.792. The van der Waals surface area contributed by atoms with Crippen molar-refractivity contribution in [2.75, 3.05) is 13.1 Å². The van der Waals surface area contributed by atoms with Crippen LogP contribution in [0.5, 0.6) is 0 Å². The van der Waals surface area contributed by atoms with Gasteiger partial charge in [0.25, 0.3) is 0 Å². The zero-order chi connectivity index (χ0) is 12.2. The Morgan fingerprint density at radius 2 is 1.94 bits per heavy atom. The van der Waals surface area contributed by atoms with Gasteiger partial charge in [0, 0.05) is 24.2 Å². The van der Waals surface area contributed by atoms with Gasteiger partial charge in [0.1, 0.15) is 0 Å². The zero-order valence-electron chi connectivity index (χ0n) is 11.8. The van der Waals surface area contributed by atoms with Crippen molar-refractivity contribution in [2.45, 2.75) is 77.9 Å². The minimum atomic E-state index is 0.313. The monoisotopic (exact) mass is 226 g/mol. The number of hydrogen-bond donors (Lipinski definition) is 1. The Bertz CT molecular complexity index is 201. The zero-order valence-corrected chi connectivity index (χ0v) is 11.8. The Kier molecular flexibility index (Phi) is 5.26. The molecule has 0 aromatic heterocycles. The third-order valence-electron chi connectivity index (χ3n) is 4.40. The fraction of sp³-hybridized carbons (Fsp3) is 1.00. The van der Waals surface area contributed by atoms with E-state index in [1.807, 2.05) is 0 Å². The van der Waals surface area contributed by atoms with Crippen LogP contribution in [0.4, 0.5) is 0 Å². The van der Waals surface area contributed by atoms with Gasteiger partial charge in [0.15, 0.2) is 0 Å². The number of hydrogen-bond acceptors (Lipinski definition) is 2. The normalized spacial score (nSPS) is 33.0. The Morgan fingerprint density at radius 3 is 2.44 bits per heavy atom. The van der Waals surface area contributed by atoms with Gasteiger partial charge in [-0.15, -0.1) is 0 Å². The first kappa shape index (κ1) is 14.0. The van der Waals surface area contributed by atoms with Crippen LogP contribution in [-0.4, -0.2) is 35.6 Å². The van der Waals surface area contributed by atoms with Crippen molar-refractivity contribution in [3.8, 4) is 0 Å². The molecule has 0 amide bonds. The fourth-order valence-electron chi connectivity index (χ4n) is 2.85. The minimum Gasteiger partial charge on any atom is -0.310 e. The molecular weight excluding hydrogens is 196 g/mol. The number of rotatable bonds is 4. The molecule has 2 unspecified atom stereocenters. The Labute approximate surface area is 102 Å². The van der Waals surface area contributed by atoms with Gasteiger partial charge in [0.05, 0.1) is 0 Å². The van der Waals surface area contributed by atoms with Gasteiger partial charge >= 0.3 is 0 Å². The highest BCUT2D eigenvalue weighted by Gasteiger charge is 2.32. The van der Waals surface area contributed by atoms with Crippen molar-refractivity contribution in [1.82, 2.24) is 10.2 Å². The van der Waals surface area contributed by atoms with Crippen LogP contribution in [0.25, 0.3) is 0 Å². The van der Waals surface area contributed by atoms with Gasteiger partial charge in [-0.05, 0) is 46.1 Å². The van der Waals surface area contributed by atoms with E-state index in [1.165, 1.54) is 38.8 Å². The molecule has 1 aliphatic rings. The average Bonchev–Trinajstić information content (AvgIpc) is 2.42. The molecule has 1 fully saturated rings. The summed E-state index contributed by atoms with van der Waals surface area (Å²) in [5, 5.41) is 3.73. The van der Waals surface area contributed by atoms with Crippen LogP contribution in [-0.2, 0) is 0 Å². The molecule has 1 aliphatic heterocycles. The Hall–Kier alpha value is -0.0800. The van der Waals surface area contributed by atoms with Crippen LogP contribution in [0.2, 0.25) is 0 Å². The maximum absolute atomic E-state index is 3.73. The van der Waals surface area contributed by atoms with Gasteiger partial charge in [-0.25, -0.2) is 0 Å². The molecule has 2 nitrogen and oxygen atoms in total. The van der Waals surface area contributed by atoms with E-state index in [2.05, 4.69) is 44.8 Å². The van der Waals surface area contributed by atoms with E-state index in [9.17, 15) is 0 Å². The summed E-state index contributed by atoms with van der Waals surface area (Å²) in [7, 11) is 0. The van der Waals surface area contributed by atoms with Gasteiger partial charge in [-0.1, -0.05) is 20.8 Å². The van der Waals surface area contributed by atoms with E-state index < -0.39 is 0 Å². The highest BCUT2D eigenvalue weighted by atomic mass is 15.2. The molecule has 0 bridgehead atoms. The molecule has 96 valence electrons. The summed E-state index contributed by atoms with van der Waals surface area (Å²) in [4.78, 5) is 2.74. The van der Waals surface area contributed by atoms with Gasteiger partial charge in [-0.3, -0.25) is 4.90 Å². The average molecular weight is 226 g/mol. The Morgan fingerprint density at radius 1 is 1.31 bits per heavy atom. The maximum atomic E-state index is 3.73. The van der Waals surface area contributed by atoms with Crippen LogP contribution in [0.1, 0.15) is 60.3 Å².